The van der Waals surface area contributed by atoms with Crippen LogP contribution in [0.5, 0.6) is 11.5 Å². The summed E-state index contributed by atoms with van der Waals surface area (Å²) in [6.45, 7) is 2.80. The number of rotatable bonds is 8. The Morgan fingerprint density at radius 2 is 1.54 bits per heavy atom. The number of hydrogen-bond acceptors (Lipinski definition) is 4. The highest BCUT2D eigenvalue weighted by molar-refractivity contribution is 9.10. The molecule has 0 aliphatic rings. The first-order valence-corrected chi connectivity index (χ1v) is 12.8. The predicted molar refractivity (Wildman–Crippen MR) is 153 cm³/mol. The molecule has 1 amide bonds. The van der Waals surface area contributed by atoms with Gasteiger partial charge in [0.1, 0.15) is 6.61 Å². The highest BCUT2D eigenvalue weighted by atomic mass is 79.9. The number of ether oxygens (including phenoxy) is 2. The highest BCUT2D eigenvalue weighted by Crippen LogP contribution is 2.37. The fourth-order valence-electron chi connectivity index (χ4n) is 4.28. The summed E-state index contributed by atoms with van der Waals surface area (Å²) in [6.07, 6.45) is 1.59. The molecule has 0 atom stereocenters. The molecule has 37 heavy (non-hydrogen) atoms. The van der Waals surface area contributed by atoms with Gasteiger partial charge < -0.3 is 9.47 Å². The van der Waals surface area contributed by atoms with E-state index in [4.69, 9.17) is 9.47 Å². The van der Waals surface area contributed by atoms with Crippen LogP contribution in [0.3, 0.4) is 0 Å². The van der Waals surface area contributed by atoms with Crippen molar-refractivity contribution in [3.63, 3.8) is 0 Å². The van der Waals surface area contributed by atoms with E-state index in [1.807, 2.05) is 73.7 Å². The van der Waals surface area contributed by atoms with Crippen molar-refractivity contribution in [2.75, 3.05) is 6.61 Å². The molecular formula is C31H25BrN2O3. The van der Waals surface area contributed by atoms with Gasteiger partial charge in [-0.05, 0) is 73.7 Å². The molecule has 0 heterocycles. The Bertz CT molecular complexity index is 1600. The van der Waals surface area contributed by atoms with E-state index in [0.29, 0.717) is 30.3 Å². The zero-order valence-corrected chi connectivity index (χ0v) is 21.9. The lowest BCUT2D eigenvalue weighted by atomic mass is 10.0. The predicted octanol–water partition coefficient (Wildman–Crippen LogP) is 7.50. The van der Waals surface area contributed by atoms with Crippen LogP contribution in [0.4, 0.5) is 0 Å². The van der Waals surface area contributed by atoms with Gasteiger partial charge in [0, 0.05) is 5.56 Å². The smallest absolute Gasteiger partial charge is 0.271 e. The van der Waals surface area contributed by atoms with E-state index in [0.717, 1.165) is 31.8 Å². The lowest BCUT2D eigenvalue weighted by molar-refractivity contribution is 0.0957. The number of carbonyl (C=O) groups is 1. The Morgan fingerprint density at radius 1 is 0.865 bits per heavy atom. The van der Waals surface area contributed by atoms with Crippen molar-refractivity contribution in [1.82, 2.24) is 5.43 Å². The molecule has 0 saturated carbocycles. The number of nitrogens with one attached hydrogen (secondary N) is 1. The quantitative estimate of drug-likeness (QED) is 0.160. The van der Waals surface area contributed by atoms with Crippen molar-refractivity contribution in [2.24, 2.45) is 5.10 Å². The summed E-state index contributed by atoms with van der Waals surface area (Å²) in [7, 11) is 0. The molecule has 0 saturated heterocycles. The van der Waals surface area contributed by atoms with E-state index < -0.39 is 0 Å². The first kappa shape index (κ1) is 24.5. The fourth-order valence-corrected chi connectivity index (χ4v) is 4.86. The molecule has 0 radical (unpaired) electrons. The van der Waals surface area contributed by atoms with Gasteiger partial charge in [-0.25, -0.2) is 5.43 Å². The molecule has 6 heteroatoms. The topological polar surface area (TPSA) is 59.9 Å². The minimum absolute atomic E-state index is 0.271. The number of nitrogens with zero attached hydrogens (tertiary/aromatic N) is 1. The number of halogens is 1. The summed E-state index contributed by atoms with van der Waals surface area (Å²) in [5.74, 6) is 0.942. The molecule has 5 nitrogen and oxygen atoms in total. The third-order valence-corrected chi connectivity index (χ3v) is 6.59. The second-order valence-corrected chi connectivity index (χ2v) is 9.27. The average Bonchev–Trinajstić information content (AvgIpc) is 2.92. The van der Waals surface area contributed by atoms with Gasteiger partial charge in [0.15, 0.2) is 11.5 Å². The number of fused-ring (bicyclic) bond motifs is 2. The van der Waals surface area contributed by atoms with E-state index in [9.17, 15) is 4.79 Å². The average molecular weight is 553 g/mol. The van der Waals surface area contributed by atoms with Crippen molar-refractivity contribution in [2.45, 2.75) is 13.5 Å². The third-order valence-electron chi connectivity index (χ3n) is 6.00. The summed E-state index contributed by atoms with van der Waals surface area (Å²) in [6, 6.07) is 31.6. The molecule has 0 aromatic heterocycles. The van der Waals surface area contributed by atoms with Crippen molar-refractivity contribution < 1.29 is 14.3 Å². The van der Waals surface area contributed by atoms with Crippen LogP contribution in [-0.4, -0.2) is 18.7 Å². The fraction of sp³-hybridized carbons (Fsp3) is 0.0968. The minimum atomic E-state index is -0.271. The van der Waals surface area contributed by atoms with E-state index in [1.54, 1.807) is 12.3 Å². The van der Waals surface area contributed by atoms with E-state index in [1.165, 1.54) is 5.39 Å². The maximum Gasteiger partial charge on any atom is 0.271 e. The first-order chi connectivity index (χ1) is 18.1. The number of benzene rings is 5. The summed E-state index contributed by atoms with van der Waals surface area (Å²) >= 11 is 3.62. The van der Waals surface area contributed by atoms with Crippen LogP contribution >= 0.6 is 15.9 Å². The zero-order valence-electron chi connectivity index (χ0n) is 20.3. The molecule has 184 valence electrons. The molecule has 0 spiro atoms. The Balaban J connectivity index is 1.33. The van der Waals surface area contributed by atoms with Crippen molar-refractivity contribution in [3.05, 3.63) is 118 Å². The van der Waals surface area contributed by atoms with Crippen molar-refractivity contribution >= 4 is 49.6 Å². The van der Waals surface area contributed by atoms with Gasteiger partial charge in [0.25, 0.3) is 5.91 Å². The maximum absolute atomic E-state index is 12.8. The van der Waals surface area contributed by atoms with Crippen LogP contribution in [0.25, 0.3) is 21.5 Å². The molecular weight excluding hydrogens is 528 g/mol. The van der Waals surface area contributed by atoms with E-state index in [2.05, 4.69) is 50.7 Å². The molecule has 5 rings (SSSR count). The summed E-state index contributed by atoms with van der Waals surface area (Å²) in [5, 5.41) is 8.40. The SMILES string of the molecule is CCOc1cc(/C=N\NC(=O)c2cccc3ccccc23)cc(Br)c1OCc1cccc2ccccc12. The lowest BCUT2D eigenvalue weighted by Crippen LogP contribution is -2.17. The number of amides is 1. The Hall–Kier alpha value is -4.16. The van der Waals surface area contributed by atoms with E-state index in [-0.39, 0.29) is 5.91 Å². The van der Waals surface area contributed by atoms with Crippen LogP contribution in [-0.2, 0) is 6.61 Å². The number of hydrazone groups is 1. The van der Waals surface area contributed by atoms with Crippen LogP contribution < -0.4 is 14.9 Å². The van der Waals surface area contributed by atoms with Gasteiger partial charge in [0.05, 0.1) is 17.3 Å². The van der Waals surface area contributed by atoms with Crippen molar-refractivity contribution in [3.8, 4) is 11.5 Å². The van der Waals surface area contributed by atoms with Crippen LogP contribution in [0.1, 0.15) is 28.4 Å². The molecule has 0 aliphatic heterocycles. The Labute approximate surface area is 223 Å². The van der Waals surface area contributed by atoms with E-state index >= 15 is 0 Å². The number of carbonyl (C=O) groups excluding carboxylic acids is 1. The zero-order chi connectivity index (χ0) is 25.6. The van der Waals surface area contributed by atoms with Crippen molar-refractivity contribution in [1.29, 1.82) is 0 Å². The maximum atomic E-state index is 12.8. The van der Waals surface area contributed by atoms with Crippen LogP contribution in [0.2, 0.25) is 0 Å². The minimum Gasteiger partial charge on any atom is -0.490 e. The third kappa shape index (κ3) is 5.49. The van der Waals surface area contributed by atoms with Gasteiger partial charge >= 0.3 is 0 Å². The van der Waals surface area contributed by atoms with Gasteiger partial charge in [-0.15, -0.1) is 0 Å². The molecule has 0 aliphatic carbocycles. The molecule has 1 N–H and O–H groups in total. The van der Waals surface area contributed by atoms with Gasteiger partial charge in [0.2, 0.25) is 0 Å². The largest absolute Gasteiger partial charge is 0.490 e. The monoisotopic (exact) mass is 552 g/mol. The first-order valence-electron chi connectivity index (χ1n) is 12.0. The van der Waals surface area contributed by atoms with Gasteiger partial charge in [-0.2, -0.15) is 5.10 Å². The molecule has 0 bridgehead atoms. The number of hydrogen-bond donors (Lipinski definition) is 1. The Morgan fingerprint density at radius 3 is 2.32 bits per heavy atom. The molecule has 5 aromatic carbocycles. The molecule has 0 fully saturated rings. The Kier molecular flexibility index (Phi) is 7.47. The summed E-state index contributed by atoms with van der Waals surface area (Å²) in [4.78, 5) is 12.8. The second-order valence-electron chi connectivity index (χ2n) is 8.42. The molecule has 0 unspecified atom stereocenters. The second kappa shape index (κ2) is 11.3. The van der Waals surface area contributed by atoms with Crippen LogP contribution in [0, 0.1) is 0 Å². The normalized spacial score (nSPS) is 11.2. The summed E-state index contributed by atoms with van der Waals surface area (Å²) in [5.41, 5.74) is 5.05. The standard InChI is InChI=1S/C31H25BrN2O3/c1-2-36-29-18-21(19-33-34-31(35)27-16-8-12-23-10-4-6-15-26(23)27)17-28(32)30(29)37-20-24-13-7-11-22-9-3-5-14-25(22)24/h3-19H,2,20H2,1H3,(H,34,35)/b33-19-. The molecule has 5 aromatic rings. The lowest BCUT2D eigenvalue weighted by Gasteiger charge is -2.15. The van der Waals surface area contributed by atoms with Gasteiger partial charge in [-0.1, -0.05) is 78.9 Å². The van der Waals surface area contributed by atoms with Gasteiger partial charge in [-0.3, -0.25) is 4.79 Å². The summed E-state index contributed by atoms with van der Waals surface area (Å²) < 4.78 is 12.8. The van der Waals surface area contributed by atoms with Crippen LogP contribution in [0.15, 0.2) is 107 Å². The highest BCUT2D eigenvalue weighted by Gasteiger charge is 2.14.